The van der Waals surface area contributed by atoms with Crippen LogP contribution in [0.1, 0.15) is 24.2 Å². The Balaban J connectivity index is 1.40. The number of amides is 2. The number of rotatable bonds is 6. The summed E-state index contributed by atoms with van der Waals surface area (Å²) in [6, 6.07) is 13.2. The fraction of sp³-hybridized carbons (Fsp3) is 0.400. The van der Waals surface area contributed by atoms with Crippen LogP contribution in [0, 0.1) is 6.92 Å². The maximum atomic E-state index is 12.3. The summed E-state index contributed by atoms with van der Waals surface area (Å²) in [6.07, 6.45) is 2.49. The van der Waals surface area contributed by atoms with E-state index in [9.17, 15) is 9.59 Å². The van der Waals surface area contributed by atoms with Crippen LogP contribution >= 0.6 is 0 Å². The van der Waals surface area contributed by atoms with Crippen molar-refractivity contribution in [1.29, 1.82) is 0 Å². The van der Waals surface area contributed by atoms with Crippen LogP contribution in [0.3, 0.4) is 0 Å². The van der Waals surface area contributed by atoms with Crippen molar-refractivity contribution in [2.75, 3.05) is 19.6 Å². The summed E-state index contributed by atoms with van der Waals surface area (Å²) in [5, 5.41) is 2.96. The van der Waals surface area contributed by atoms with Crippen LogP contribution in [0.25, 0.3) is 0 Å². The van der Waals surface area contributed by atoms with Crippen molar-refractivity contribution in [2.24, 2.45) is 0 Å². The van der Waals surface area contributed by atoms with E-state index < -0.39 is 5.63 Å². The molecule has 1 N–H and O–H groups in total. The lowest BCUT2D eigenvalue weighted by molar-refractivity contribution is 0.186. The average molecular weight is 356 g/mol. The van der Waals surface area contributed by atoms with Gasteiger partial charge in [-0.2, -0.15) is 0 Å². The fourth-order valence-electron chi connectivity index (χ4n) is 3.09. The molecule has 1 saturated heterocycles. The lowest BCUT2D eigenvalue weighted by atomic mass is 10.1. The molecular weight excluding hydrogens is 332 g/mol. The van der Waals surface area contributed by atoms with Gasteiger partial charge in [-0.3, -0.25) is 0 Å². The zero-order chi connectivity index (χ0) is 18.4. The molecule has 1 aliphatic heterocycles. The molecule has 1 fully saturated rings. The molecule has 1 aromatic carbocycles. The number of benzene rings is 1. The van der Waals surface area contributed by atoms with Crippen LogP contribution in [0.4, 0.5) is 4.79 Å². The third-order valence-corrected chi connectivity index (χ3v) is 4.36. The minimum absolute atomic E-state index is 0.0621. The van der Waals surface area contributed by atoms with E-state index in [0.717, 1.165) is 19.3 Å². The number of carbonyl (C=O) groups excluding carboxylic acids is 1. The summed E-state index contributed by atoms with van der Waals surface area (Å²) >= 11 is 0. The highest BCUT2D eigenvalue weighted by atomic mass is 16.5. The average Bonchev–Trinajstić information content (AvgIpc) is 3.07. The van der Waals surface area contributed by atoms with Crippen molar-refractivity contribution < 1.29 is 13.9 Å². The molecule has 6 heteroatoms. The quantitative estimate of drug-likeness (QED) is 0.808. The Morgan fingerprint density at radius 2 is 2.12 bits per heavy atom. The van der Waals surface area contributed by atoms with Gasteiger partial charge < -0.3 is 19.4 Å². The molecular formula is C20H24N2O4. The van der Waals surface area contributed by atoms with Crippen LogP contribution < -0.4 is 15.7 Å². The second-order valence-electron chi connectivity index (χ2n) is 6.52. The van der Waals surface area contributed by atoms with Gasteiger partial charge in [0.15, 0.2) is 0 Å². The zero-order valence-corrected chi connectivity index (χ0v) is 14.9. The lowest BCUT2D eigenvalue weighted by Gasteiger charge is -2.18. The van der Waals surface area contributed by atoms with Gasteiger partial charge in [-0.25, -0.2) is 9.59 Å². The molecule has 1 atom stereocenters. The predicted octanol–water partition coefficient (Wildman–Crippen LogP) is 2.74. The van der Waals surface area contributed by atoms with E-state index in [4.69, 9.17) is 9.15 Å². The highest BCUT2D eigenvalue weighted by Gasteiger charge is 2.27. The van der Waals surface area contributed by atoms with Crippen molar-refractivity contribution in [2.45, 2.75) is 32.3 Å². The lowest BCUT2D eigenvalue weighted by Crippen LogP contribution is -2.39. The summed E-state index contributed by atoms with van der Waals surface area (Å²) < 4.78 is 10.7. The van der Waals surface area contributed by atoms with Gasteiger partial charge in [0.2, 0.25) is 0 Å². The number of likely N-dealkylation sites (tertiary alicyclic amines) is 1. The number of nitrogens with zero attached hydrogens (tertiary/aromatic N) is 1. The van der Waals surface area contributed by atoms with Crippen molar-refractivity contribution >= 4 is 6.03 Å². The van der Waals surface area contributed by atoms with Gasteiger partial charge in [0.05, 0.1) is 12.6 Å². The van der Waals surface area contributed by atoms with E-state index in [1.807, 2.05) is 18.2 Å². The summed E-state index contributed by atoms with van der Waals surface area (Å²) in [7, 11) is 0. The Bertz CT molecular complexity index is 788. The first-order valence-electron chi connectivity index (χ1n) is 8.95. The number of urea groups is 1. The summed E-state index contributed by atoms with van der Waals surface area (Å²) in [5.41, 5.74) is 0.852. The van der Waals surface area contributed by atoms with Crippen LogP contribution in [-0.4, -0.2) is 36.7 Å². The van der Waals surface area contributed by atoms with Gasteiger partial charge in [0.25, 0.3) is 0 Å². The largest absolute Gasteiger partial charge is 0.488 e. The molecule has 138 valence electrons. The standard InChI is InChI=1S/C20H24N2O4/c1-15-12-18(13-19(23)25-15)26-17-9-11-22(14-17)20(24)21-10-5-8-16-6-3-2-4-7-16/h2-4,6-7,12-13,17H,5,8-11,14H2,1H3,(H,21,24). The van der Waals surface area contributed by atoms with E-state index in [-0.39, 0.29) is 12.1 Å². The summed E-state index contributed by atoms with van der Waals surface area (Å²) in [4.78, 5) is 25.4. The summed E-state index contributed by atoms with van der Waals surface area (Å²) in [5.74, 6) is 1.01. The predicted molar refractivity (Wildman–Crippen MR) is 98.5 cm³/mol. The molecule has 2 amide bonds. The molecule has 0 saturated carbocycles. The number of ether oxygens (including phenoxy) is 1. The third-order valence-electron chi connectivity index (χ3n) is 4.36. The van der Waals surface area contributed by atoms with Crippen molar-refractivity contribution in [3.05, 3.63) is 64.2 Å². The van der Waals surface area contributed by atoms with E-state index >= 15 is 0 Å². The van der Waals surface area contributed by atoms with Gasteiger partial charge >= 0.3 is 11.7 Å². The molecule has 2 heterocycles. The first-order valence-corrected chi connectivity index (χ1v) is 8.95. The smallest absolute Gasteiger partial charge is 0.339 e. The molecule has 1 unspecified atom stereocenters. The molecule has 3 rings (SSSR count). The normalized spacial score (nSPS) is 16.5. The molecule has 0 spiro atoms. The van der Waals surface area contributed by atoms with Crippen molar-refractivity contribution in [1.82, 2.24) is 10.2 Å². The van der Waals surface area contributed by atoms with Crippen LogP contribution in [0.15, 0.2) is 51.7 Å². The highest BCUT2D eigenvalue weighted by molar-refractivity contribution is 5.74. The molecule has 0 radical (unpaired) electrons. The van der Waals surface area contributed by atoms with Crippen LogP contribution in [-0.2, 0) is 6.42 Å². The van der Waals surface area contributed by atoms with Gasteiger partial charge in [-0.05, 0) is 25.3 Å². The monoisotopic (exact) mass is 356 g/mol. The maximum Gasteiger partial charge on any atom is 0.339 e. The Kier molecular flexibility index (Phi) is 5.94. The number of aryl methyl sites for hydroxylation is 2. The van der Waals surface area contributed by atoms with Gasteiger partial charge in [0.1, 0.15) is 17.6 Å². The first-order chi connectivity index (χ1) is 12.6. The van der Waals surface area contributed by atoms with Gasteiger partial charge in [-0.1, -0.05) is 30.3 Å². The molecule has 0 bridgehead atoms. The third kappa shape index (κ3) is 5.12. The van der Waals surface area contributed by atoms with Gasteiger partial charge in [-0.15, -0.1) is 0 Å². The second kappa shape index (κ2) is 8.56. The first kappa shape index (κ1) is 18.0. The Morgan fingerprint density at radius 3 is 2.88 bits per heavy atom. The maximum absolute atomic E-state index is 12.3. The topological polar surface area (TPSA) is 71.8 Å². The summed E-state index contributed by atoms with van der Waals surface area (Å²) in [6.45, 7) is 3.52. The molecule has 26 heavy (non-hydrogen) atoms. The SMILES string of the molecule is Cc1cc(OC2CCN(C(=O)NCCCc3ccccc3)C2)cc(=O)o1. The number of nitrogens with one attached hydrogen (secondary N) is 1. The van der Waals surface area contributed by atoms with Crippen LogP contribution in [0.5, 0.6) is 5.75 Å². The molecule has 1 aliphatic rings. The second-order valence-corrected chi connectivity index (χ2v) is 6.52. The molecule has 0 aliphatic carbocycles. The highest BCUT2D eigenvalue weighted by Crippen LogP contribution is 2.18. The van der Waals surface area contributed by atoms with Gasteiger partial charge in [0, 0.05) is 25.6 Å². The van der Waals surface area contributed by atoms with E-state index in [2.05, 4.69) is 17.4 Å². The van der Waals surface area contributed by atoms with E-state index in [0.29, 0.717) is 31.1 Å². The van der Waals surface area contributed by atoms with Crippen molar-refractivity contribution in [3.63, 3.8) is 0 Å². The van der Waals surface area contributed by atoms with Crippen LogP contribution in [0.2, 0.25) is 0 Å². The van der Waals surface area contributed by atoms with E-state index in [1.54, 1.807) is 17.9 Å². The Morgan fingerprint density at radius 1 is 1.31 bits per heavy atom. The van der Waals surface area contributed by atoms with Crippen molar-refractivity contribution in [3.8, 4) is 5.75 Å². The molecule has 6 nitrogen and oxygen atoms in total. The number of hydrogen-bond donors (Lipinski definition) is 1. The fourth-order valence-corrected chi connectivity index (χ4v) is 3.09. The minimum atomic E-state index is -0.425. The Labute approximate surface area is 152 Å². The minimum Gasteiger partial charge on any atom is -0.488 e. The Hall–Kier alpha value is -2.76. The number of carbonyl (C=O) groups is 1. The number of hydrogen-bond acceptors (Lipinski definition) is 4. The van der Waals surface area contributed by atoms with E-state index in [1.165, 1.54) is 11.6 Å². The molecule has 2 aromatic rings. The molecule has 1 aromatic heterocycles. The zero-order valence-electron chi connectivity index (χ0n) is 14.9.